The number of nitrogens with zero attached hydrogens (tertiary/aromatic N) is 2. The molecule has 0 aromatic carbocycles. The summed E-state index contributed by atoms with van der Waals surface area (Å²) in [6.07, 6.45) is 2.11. The molecule has 0 radical (unpaired) electrons. The molecule has 4 nitrogen and oxygen atoms in total. The molecule has 84 valence electrons. The van der Waals surface area contributed by atoms with E-state index in [-0.39, 0.29) is 5.91 Å². The molecule has 0 fully saturated rings. The van der Waals surface area contributed by atoms with E-state index < -0.39 is 0 Å². The van der Waals surface area contributed by atoms with Crippen LogP contribution in [0.4, 0.5) is 0 Å². The van der Waals surface area contributed by atoms with Crippen molar-refractivity contribution in [3.8, 4) is 0 Å². The number of rotatable bonds is 5. The number of unbranched alkanes of at least 4 members (excludes halogenated alkanes) is 1. The van der Waals surface area contributed by atoms with Crippen molar-refractivity contribution in [3.05, 3.63) is 16.1 Å². The van der Waals surface area contributed by atoms with Gasteiger partial charge in [-0.15, -0.1) is 11.3 Å². The third kappa shape index (κ3) is 3.28. The Hall–Kier alpha value is -0.940. The number of hydrogen-bond acceptors (Lipinski definition) is 4. The highest BCUT2D eigenvalue weighted by atomic mass is 32.1. The summed E-state index contributed by atoms with van der Waals surface area (Å²) >= 11 is 1.44. The van der Waals surface area contributed by atoms with Gasteiger partial charge in [-0.05, 0) is 6.42 Å². The van der Waals surface area contributed by atoms with Gasteiger partial charge in [0.2, 0.25) is 0 Å². The summed E-state index contributed by atoms with van der Waals surface area (Å²) in [5, 5.41) is 2.58. The molecule has 15 heavy (non-hydrogen) atoms. The Morgan fingerprint density at radius 3 is 2.93 bits per heavy atom. The van der Waals surface area contributed by atoms with Crippen molar-refractivity contribution >= 4 is 17.2 Å². The van der Waals surface area contributed by atoms with E-state index in [1.807, 2.05) is 0 Å². The topological polar surface area (TPSA) is 59.2 Å². The second-order valence-electron chi connectivity index (χ2n) is 3.41. The van der Waals surface area contributed by atoms with Gasteiger partial charge in [0.15, 0.2) is 0 Å². The van der Waals surface area contributed by atoms with Gasteiger partial charge in [-0.25, -0.2) is 4.98 Å². The number of thiazole rings is 1. The van der Waals surface area contributed by atoms with Crippen LogP contribution < -0.4 is 5.73 Å². The maximum absolute atomic E-state index is 11.8. The van der Waals surface area contributed by atoms with Crippen molar-refractivity contribution in [2.24, 2.45) is 5.73 Å². The Labute approximate surface area is 94.1 Å². The average molecular weight is 227 g/mol. The van der Waals surface area contributed by atoms with E-state index in [1.54, 1.807) is 17.3 Å². The van der Waals surface area contributed by atoms with E-state index in [0.717, 1.165) is 24.4 Å². The molecule has 0 saturated carbocycles. The molecule has 1 aromatic rings. The second kappa shape index (κ2) is 5.82. The van der Waals surface area contributed by atoms with Crippen LogP contribution in [0.3, 0.4) is 0 Å². The summed E-state index contributed by atoms with van der Waals surface area (Å²) in [7, 11) is 1.81. The van der Waals surface area contributed by atoms with Crippen molar-refractivity contribution in [2.75, 3.05) is 13.6 Å². The van der Waals surface area contributed by atoms with Crippen LogP contribution in [0.5, 0.6) is 0 Å². The molecule has 0 bridgehead atoms. The normalized spacial score (nSPS) is 10.3. The first kappa shape index (κ1) is 12.1. The minimum Gasteiger partial charge on any atom is -0.340 e. The Bertz CT molecular complexity index is 324. The van der Waals surface area contributed by atoms with Crippen molar-refractivity contribution in [1.29, 1.82) is 0 Å². The molecular formula is C10H17N3OS. The molecular weight excluding hydrogens is 210 g/mol. The molecule has 0 spiro atoms. The maximum atomic E-state index is 11.8. The van der Waals surface area contributed by atoms with Crippen molar-refractivity contribution in [2.45, 2.75) is 26.3 Å². The highest BCUT2D eigenvalue weighted by Gasteiger charge is 2.14. The minimum absolute atomic E-state index is 0.0144. The molecule has 0 aliphatic heterocycles. The van der Waals surface area contributed by atoms with Gasteiger partial charge in [0, 0.05) is 25.5 Å². The summed E-state index contributed by atoms with van der Waals surface area (Å²) in [5.41, 5.74) is 5.96. The molecule has 1 rings (SSSR count). The van der Waals surface area contributed by atoms with Crippen molar-refractivity contribution in [1.82, 2.24) is 9.88 Å². The smallest absolute Gasteiger partial charge is 0.273 e. The predicted molar refractivity (Wildman–Crippen MR) is 61.9 cm³/mol. The van der Waals surface area contributed by atoms with Gasteiger partial charge in [0.1, 0.15) is 10.7 Å². The van der Waals surface area contributed by atoms with Gasteiger partial charge < -0.3 is 10.6 Å². The van der Waals surface area contributed by atoms with Gasteiger partial charge >= 0.3 is 0 Å². The van der Waals surface area contributed by atoms with Crippen LogP contribution in [0.25, 0.3) is 0 Å². The summed E-state index contributed by atoms with van der Waals surface area (Å²) in [6, 6.07) is 0. The van der Waals surface area contributed by atoms with Gasteiger partial charge in [0.05, 0.1) is 0 Å². The molecule has 0 unspecified atom stereocenters. The van der Waals surface area contributed by atoms with Gasteiger partial charge in [0.25, 0.3) is 5.91 Å². The van der Waals surface area contributed by atoms with Crippen LogP contribution in [-0.2, 0) is 6.54 Å². The van der Waals surface area contributed by atoms with Gasteiger partial charge in [-0.2, -0.15) is 0 Å². The van der Waals surface area contributed by atoms with E-state index in [4.69, 9.17) is 5.73 Å². The minimum atomic E-state index is -0.0144. The first-order valence-electron chi connectivity index (χ1n) is 5.09. The molecule has 2 N–H and O–H groups in total. The summed E-state index contributed by atoms with van der Waals surface area (Å²) in [4.78, 5) is 17.7. The largest absolute Gasteiger partial charge is 0.340 e. The Kier molecular flexibility index (Phi) is 4.71. The van der Waals surface area contributed by atoms with Crippen LogP contribution in [0.1, 0.15) is 35.3 Å². The quantitative estimate of drug-likeness (QED) is 0.828. The maximum Gasteiger partial charge on any atom is 0.273 e. The third-order valence-corrected chi connectivity index (χ3v) is 3.01. The number of carbonyl (C=O) groups is 1. The lowest BCUT2D eigenvalue weighted by molar-refractivity contribution is 0.0788. The Morgan fingerprint density at radius 2 is 2.40 bits per heavy atom. The van der Waals surface area contributed by atoms with Crippen LogP contribution in [0, 0.1) is 0 Å². The van der Waals surface area contributed by atoms with Crippen LogP contribution in [0.15, 0.2) is 5.38 Å². The standard InChI is InChI=1S/C10H17N3OS/c1-3-4-5-13(2)10(14)8-7-15-9(6-11)12-8/h7H,3-6,11H2,1-2H3. The molecule has 0 aliphatic carbocycles. The van der Waals surface area contributed by atoms with Gasteiger partial charge in [-0.1, -0.05) is 13.3 Å². The summed E-state index contributed by atoms with van der Waals surface area (Å²) in [6.45, 7) is 3.29. The number of hydrogen-bond donors (Lipinski definition) is 1. The van der Waals surface area contributed by atoms with Gasteiger partial charge in [-0.3, -0.25) is 4.79 Å². The van der Waals surface area contributed by atoms with Crippen LogP contribution in [-0.4, -0.2) is 29.4 Å². The van der Waals surface area contributed by atoms with E-state index in [2.05, 4.69) is 11.9 Å². The van der Waals surface area contributed by atoms with Crippen LogP contribution >= 0.6 is 11.3 Å². The summed E-state index contributed by atoms with van der Waals surface area (Å²) < 4.78 is 0. The lowest BCUT2D eigenvalue weighted by Gasteiger charge is -2.14. The average Bonchev–Trinajstić information content (AvgIpc) is 2.73. The number of amides is 1. The molecule has 0 saturated heterocycles. The third-order valence-electron chi connectivity index (χ3n) is 2.14. The fraction of sp³-hybridized carbons (Fsp3) is 0.600. The molecule has 1 amide bonds. The Balaban J connectivity index is 2.59. The fourth-order valence-electron chi connectivity index (χ4n) is 1.20. The SMILES string of the molecule is CCCCN(C)C(=O)c1csc(CN)n1. The highest BCUT2D eigenvalue weighted by molar-refractivity contribution is 7.09. The number of nitrogens with two attached hydrogens (primary N) is 1. The highest BCUT2D eigenvalue weighted by Crippen LogP contribution is 2.10. The fourth-order valence-corrected chi connectivity index (χ4v) is 1.84. The molecule has 1 heterocycles. The van der Waals surface area contributed by atoms with E-state index in [1.165, 1.54) is 11.3 Å². The zero-order chi connectivity index (χ0) is 11.3. The van der Waals surface area contributed by atoms with E-state index in [0.29, 0.717) is 12.2 Å². The first-order valence-corrected chi connectivity index (χ1v) is 5.97. The number of carbonyl (C=O) groups excluding carboxylic acids is 1. The first-order chi connectivity index (χ1) is 7.19. The second-order valence-corrected chi connectivity index (χ2v) is 4.35. The van der Waals surface area contributed by atoms with Crippen molar-refractivity contribution in [3.63, 3.8) is 0 Å². The van der Waals surface area contributed by atoms with Crippen molar-refractivity contribution < 1.29 is 4.79 Å². The molecule has 0 atom stereocenters. The number of aromatic nitrogens is 1. The lowest BCUT2D eigenvalue weighted by Crippen LogP contribution is -2.28. The molecule has 5 heteroatoms. The van der Waals surface area contributed by atoms with E-state index >= 15 is 0 Å². The molecule has 1 aromatic heterocycles. The monoisotopic (exact) mass is 227 g/mol. The van der Waals surface area contributed by atoms with Crippen LogP contribution in [0.2, 0.25) is 0 Å². The zero-order valence-corrected chi connectivity index (χ0v) is 10.0. The zero-order valence-electron chi connectivity index (χ0n) is 9.19. The Morgan fingerprint density at radius 1 is 1.67 bits per heavy atom. The lowest BCUT2D eigenvalue weighted by atomic mass is 10.3. The predicted octanol–water partition coefficient (Wildman–Crippen LogP) is 1.47. The molecule has 0 aliphatic rings. The van der Waals surface area contributed by atoms with E-state index in [9.17, 15) is 4.79 Å². The summed E-state index contributed by atoms with van der Waals surface area (Å²) in [5.74, 6) is -0.0144.